The third kappa shape index (κ3) is 5.65. The maximum Gasteiger partial charge on any atom is 0.0615 e. The van der Waals surface area contributed by atoms with Crippen LogP contribution in [0.4, 0.5) is 0 Å². The van der Waals surface area contributed by atoms with Gasteiger partial charge >= 0.3 is 0 Å². The number of hydrogen-bond donors (Lipinski definition) is 1. The van der Waals surface area contributed by atoms with Crippen molar-refractivity contribution in [1.82, 2.24) is 5.32 Å². The van der Waals surface area contributed by atoms with E-state index in [1.54, 1.807) is 7.11 Å². The average molecular weight is 249 g/mol. The normalized spacial score (nSPS) is 12.9. The van der Waals surface area contributed by atoms with E-state index in [0.717, 1.165) is 31.9 Å². The molecule has 0 radical (unpaired) electrons. The van der Waals surface area contributed by atoms with Gasteiger partial charge < -0.3 is 10.1 Å². The number of hydrogen-bond acceptors (Lipinski definition) is 2. The molecule has 1 atom stereocenters. The Balaban J connectivity index is 2.43. The lowest BCUT2D eigenvalue weighted by molar-refractivity contribution is 0.164. The van der Waals surface area contributed by atoms with E-state index in [-0.39, 0.29) is 0 Å². The lowest BCUT2D eigenvalue weighted by Gasteiger charge is -2.16. The standard InChI is InChI=1S/C16H27NO/c1-5-16(12-18-4)17-11-15-8-6-14(7-9-15)10-13(2)3/h6-9,13,16-17H,5,10-12H2,1-4H3. The second kappa shape index (κ2) is 8.28. The fourth-order valence-corrected chi connectivity index (χ4v) is 2.05. The minimum Gasteiger partial charge on any atom is -0.383 e. The van der Waals surface area contributed by atoms with Crippen LogP contribution in [-0.4, -0.2) is 19.8 Å². The zero-order valence-corrected chi connectivity index (χ0v) is 12.2. The average Bonchev–Trinajstić information content (AvgIpc) is 2.35. The largest absolute Gasteiger partial charge is 0.383 e. The van der Waals surface area contributed by atoms with Crippen LogP contribution in [0.15, 0.2) is 24.3 Å². The van der Waals surface area contributed by atoms with Crippen molar-refractivity contribution < 1.29 is 4.74 Å². The van der Waals surface area contributed by atoms with Crippen molar-refractivity contribution in [2.45, 2.75) is 46.2 Å². The third-order valence-electron chi connectivity index (χ3n) is 3.12. The highest BCUT2D eigenvalue weighted by Crippen LogP contribution is 2.10. The first kappa shape index (κ1) is 15.2. The maximum absolute atomic E-state index is 5.18. The first-order chi connectivity index (χ1) is 8.65. The van der Waals surface area contributed by atoms with Crippen molar-refractivity contribution in [3.8, 4) is 0 Å². The van der Waals surface area contributed by atoms with Gasteiger partial charge in [0, 0.05) is 19.7 Å². The van der Waals surface area contributed by atoms with Crippen molar-refractivity contribution in [2.75, 3.05) is 13.7 Å². The van der Waals surface area contributed by atoms with Crippen LogP contribution in [0.2, 0.25) is 0 Å². The molecule has 2 heteroatoms. The van der Waals surface area contributed by atoms with Crippen LogP contribution in [0.3, 0.4) is 0 Å². The van der Waals surface area contributed by atoms with Gasteiger partial charge in [0.25, 0.3) is 0 Å². The third-order valence-corrected chi connectivity index (χ3v) is 3.12. The van der Waals surface area contributed by atoms with Gasteiger partial charge in [-0.15, -0.1) is 0 Å². The van der Waals surface area contributed by atoms with Crippen LogP contribution < -0.4 is 5.32 Å². The molecule has 0 aromatic heterocycles. The zero-order chi connectivity index (χ0) is 13.4. The van der Waals surface area contributed by atoms with Gasteiger partial charge in [-0.3, -0.25) is 0 Å². The molecule has 0 aliphatic heterocycles. The van der Waals surface area contributed by atoms with E-state index in [1.807, 2.05) is 0 Å². The maximum atomic E-state index is 5.18. The molecular formula is C16H27NO. The molecule has 0 bridgehead atoms. The zero-order valence-electron chi connectivity index (χ0n) is 12.2. The highest BCUT2D eigenvalue weighted by molar-refractivity contribution is 5.22. The number of methoxy groups -OCH3 is 1. The SMILES string of the molecule is CCC(COC)NCc1ccc(CC(C)C)cc1. The van der Waals surface area contributed by atoms with Crippen molar-refractivity contribution >= 4 is 0 Å². The molecule has 0 spiro atoms. The molecule has 1 aromatic carbocycles. The van der Waals surface area contributed by atoms with Gasteiger partial charge in [-0.1, -0.05) is 45.0 Å². The van der Waals surface area contributed by atoms with E-state index in [4.69, 9.17) is 4.74 Å². The van der Waals surface area contributed by atoms with Crippen LogP contribution >= 0.6 is 0 Å². The van der Waals surface area contributed by atoms with Crippen LogP contribution in [0.25, 0.3) is 0 Å². The van der Waals surface area contributed by atoms with Gasteiger partial charge in [-0.2, -0.15) is 0 Å². The Hall–Kier alpha value is -0.860. The van der Waals surface area contributed by atoms with Crippen molar-refractivity contribution in [2.24, 2.45) is 5.92 Å². The van der Waals surface area contributed by atoms with Gasteiger partial charge in [0.05, 0.1) is 6.61 Å². The van der Waals surface area contributed by atoms with Gasteiger partial charge in [-0.25, -0.2) is 0 Å². The van der Waals surface area contributed by atoms with Gasteiger partial charge in [0.2, 0.25) is 0 Å². The minimum absolute atomic E-state index is 0.449. The van der Waals surface area contributed by atoms with E-state index in [1.165, 1.54) is 11.1 Å². The molecule has 18 heavy (non-hydrogen) atoms. The van der Waals surface area contributed by atoms with Crippen molar-refractivity contribution in [1.29, 1.82) is 0 Å². The lowest BCUT2D eigenvalue weighted by Crippen LogP contribution is -2.31. The Morgan fingerprint density at radius 3 is 2.22 bits per heavy atom. The first-order valence-electron chi connectivity index (χ1n) is 6.95. The highest BCUT2D eigenvalue weighted by atomic mass is 16.5. The Kier molecular flexibility index (Phi) is 6.99. The Labute approximate surface area is 112 Å². The van der Waals surface area contributed by atoms with E-state index in [9.17, 15) is 0 Å². The van der Waals surface area contributed by atoms with Crippen LogP contribution in [-0.2, 0) is 17.7 Å². The predicted octanol–water partition coefficient (Wildman–Crippen LogP) is 3.40. The summed E-state index contributed by atoms with van der Waals surface area (Å²) >= 11 is 0. The fraction of sp³-hybridized carbons (Fsp3) is 0.625. The lowest BCUT2D eigenvalue weighted by atomic mass is 10.0. The summed E-state index contributed by atoms with van der Waals surface area (Å²) in [5.74, 6) is 0.722. The van der Waals surface area contributed by atoms with E-state index < -0.39 is 0 Å². The molecule has 2 nitrogen and oxygen atoms in total. The van der Waals surface area contributed by atoms with Crippen molar-refractivity contribution in [3.63, 3.8) is 0 Å². The van der Waals surface area contributed by atoms with Crippen LogP contribution in [0.5, 0.6) is 0 Å². The summed E-state index contributed by atoms with van der Waals surface area (Å²) in [5, 5.41) is 3.52. The molecule has 0 saturated heterocycles. The highest BCUT2D eigenvalue weighted by Gasteiger charge is 2.04. The summed E-state index contributed by atoms with van der Waals surface area (Å²) in [6.45, 7) is 8.40. The second-order valence-electron chi connectivity index (χ2n) is 5.36. The number of benzene rings is 1. The van der Waals surface area contributed by atoms with Crippen LogP contribution in [0.1, 0.15) is 38.3 Å². The molecular weight excluding hydrogens is 222 g/mol. The van der Waals surface area contributed by atoms with Gasteiger partial charge in [0.15, 0.2) is 0 Å². The van der Waals surface area contributed by atoms with E-state index >= 15 is 0 Å². The van der Waals surface area contributed by atoms with Gasteiger partial charge in [-0.05, 0) is 29.9 Å². The van der Waals surface area contributed by atoms with Crippen LogP contribution in [0, 0.1) is 5.92 Å². The Bertz CT molecular complexity index is 318. The molecule has 0 aliphatic rings. The molecule has 1 N–H and O–H groups in total. The summed E-state index contributed by atoms with van der Waals surface area (Å²) < 4.78 is 5.18. The summed E-state index contributed by atoms with van der Waals surface area (Å²) in [6.07, 6.45) is 2.26. The number of ether oxygens (including phenoxy) is 1. The number of rotatable bonds is 8. The molecule has 0 amide bonds. The molecule has 0 fully saturated rings. The van der Waals surface area contributed by atoms with Crippen molar-refractivity contribution in [3.05, 3.63) is 35.4 Å². The smallest absolute Gasteiger partial charge is 0.0615 e. The summed E-state index contributed by atoms with van der Waals surface area (Å²) in [7, 11) is 1.76. The topological polar surface area (TPSA) is 21.3 Å². The molecule has 0 aliphatic carbocycles. The predicted molar refractivity (Wildman–Crippen MR) is 77.8 cm³/mol. The summed E-state index contributed by atoms with van der Waals surface area (Å²) in [6, 6.07) is 9.39. The molecule has 1 aromatic rings. The molecule has 1 unspecified atom stereocenters. The van der Waals surface area contributed by atoms with Gasteiger partial charge in [0.1, 0.15) is 0 Å². The Morgan fingerprint density at radius 2 is 1.72 bits per heavy atom. The summed E-state index contributed by atoms with van der Waals surface area (Å²) in [5.41, 5.74) is 2.77. The minimum atomic E-state index is 0.449. The molecule has 0 heterocycles. The second-order valence-corrected chi connectivity index (χ2v) is 5.36. The fourth-order valence-electron chi connectivity index (χ4n) is 2.05. The number of nitrogens with one attached hydrogen (secondary N) is 1. The molecule has 0 saturated carbocycles. The first-order valence-corrected chi connectivity index (χ1v) is 6.95. The Morgan fingerprint density at radius 1 is 1.11 bits per heavy atom. The molecule has 1 rings (SSSR count). The quantitative estimate of drug-likeness (QED) is 0.762. The monoisotopic (exact) mass is 249 g/mol. The summed E-state index contributed by atoms with van der Waals surface area (Å²) in [4.78, 5) is 0. The van der Waals surface area contributed by atoms with E-state index in [0.29, 0.717) is 6.04 Å². The van der Waals surface area contributed by atoms with E-state index in [2.05, 4.69) is 50.4 Å². The molecule has 102 valence electrons.